The summed E-state index contributed by atoms with van der Waals surface area (Å²) in [5.41, 5.74) is 6.77. The number of anilines is 1. The number of aliphatic hydroxyl groups is 1. The smallest absolute Gasteiger partial charge is 0.353 e. The summed E-state index contributed by atoms with van der Waals surface area (Å²) in [6.45, 7) is 3.87. The minimum absolute atomic E-state index is 0. The van der Waals surface area contributed by atoms with Crippen LogP contribution in [0.3, 0.4) is 0 Å². The summed E-state index contributed by atoms with van der Waals surface area (Å²) < 4.78 is 0. The van der Waals surface area contributed by atoms with Gasteiger partial charge >= 0.3 is 17.9 Å². The fourth-order valence-electron chi connectivity index (χ4n) is 7.88. The predicted octanol–water partition coefficient (Wildman–Crippen LogP) is 0.827. The standard InChI is InChI=1S/C22H25N3O7S.C16H16ClN3O4.H2O/c1-9-16-15(10(2)26)20(28)25(16)17(22(31)32)18(9)33-13-7-14(23-8-13)19(27)24-12-5-3-4-11(6-12)21(29)30;17-9-6-7-10-12(15(22)20(10)13(9)16(23)24)19-14(21)11(18)8-4-2-1-3-5-8;/h3-6,9-10,13-16,23,26H,7-8H2,1-2H3,(H,24,27)(H,29,30)(H,31,32);1-5,10-12H,6-7,18H2,(H,19,21)(H,23,24);1H2/t9-,10-,13+,14+,15-,16-;10-,11-,12+;/m11./s1. The Hall–Kier alpha value is -5.31. The van der Waals surface area contributed by atoms with Gasteiger partial charge < -0.3 is 52.5 Å². The van der Waals surface area contributed by atoms with Gasteiger partial charge in [0.1, 0.15) is 23.5 Å². The van der Waals surface area contributed by atoms with Crippen molar-refractivity contribution in [1.29, 1.82) is 0 Å². The third-order valence-corrected chi connectivity index (χ3v) is 12.6. The lowest BCUT2D eigenvalue weighted by atomic mass is 9.79. The van der Waals surface area contributed by atoms with Gasteiger partial charge in [0.15, 0.2) is 0 Å². The minimum atomic E-state index is -1.25. The Labute approximate surface area is 340 Å². The number of nitrogens with one attached hydrogen (secondary N) is 3. The van der Waals surface area contributed by atoms with Gasteiger partial charge in [-0.15, -0.1) is 11.8 Å². The summed E-state index contributed by atoms with van der Waals surface area (Å²) in [5, 5.41) is 46.6. The number of rotatable bonds is 11. The van der Waals surface area contributed by atoms with Crippen molar-refractivity contribution in [2.45, 2.75) is 74.7 Å². The molecule has 5 aliphatic rings. The number of nitrogens with zero attached hydrogens (tertiary/aromatic N) is 2. The molecule has 4 amide bonds. The van der Waals surface area contributed by atoms with Crippen LogP contribution in [0, 0.1) is 11.8 Å². The molecule has 310 valence electrons. The number of carboxylic acid groups (broad SMARTS) is 3. The fourth-order valence-corrected chi connectivity index (χ4v) is 9.64. The van der Waals surface area contributed by atoms with Crippen LogP contribution in [0.15, 0.2) is 75.9 Å². The van der Waals surface area contributed by atoms with Crippen LogP contribution in [-0.2, 0) is 28.8 Å². The Morgan fingerprint density at radius 2 is 1.62 bits per heavy atom. The van der Waals surface area contributed by atoms with E-state index in [0.29, 0.717) is 42.0 Å². The topological polar surface area (TPSA) is 300 Å². The van der Waals surface area contributed by atoms with Gasteiger partial charge in [-0.1, -0.05) is 54.9 Å². The highest BCUT2D eigenvalue weighted by molar-refractivity contribution is 8.03. The number of aliphatic hydroxyl groups excluding tert-OH is 1. The molecule has 0 saturated carbocycles. The molecule has 0 aliphatic carbocycles. The second-order valence-electron chi connectivity index (χ2n) is 14.3. The molecule has 0 aromatic heterocycles. The molecule has 0 spiro atoms. The third-order valence-electron chi connectivity index (χ3n) is 10.7. The number of halogens is 1. The molecule has 9 atom stereocenters. The van der Waals surface area contributed by atoms with E-state index in [-0.39, 0.29) is 56.5 Å². The zero-order valence-corrected chi connectivity index (χ0v) is 32.7. The van der Waals surface area contributed by atoms with E-state index in [1.54, 1.807) is 36.4 Å². The maximum Gasteiger partial charge on any atom is 0.353 e. The number of thioether (sulfide) groups is 1. The van der Waals surface area contributed by atoms with Gasteiger partial charge in [0, 0.05) is 33.3 Å². The molecule has 11 N–H and O–H groups in total. The van der Waals surface area contributed by atoms with Crippen LogP contribution in [0.25, 0.3) is 0 Å². The van der Waals surface area contributed by atoms with Gasteiger partial charge in [-0.2, -0.15) is 0 Å². The highest BCUT2D eigenvalue weighted by Crippen LogP contribution is 2.52. The molecular formula is C38H43ClN6O12S. The number of carbonyl (C=O) groups excluding carboxylic acids is 4. The first-order chi connectivity index (χ1) is 27.0. The van der Waals surface area contributed by atoms with Gasteiger partial charge in [-0.05, 0) is 49.9 Å². The summed E-state index contributed by atoms with van der Waals surface area (Å²) >= 11 is 7.28. The molecule has 0 radical (unpaired) electrons. The van der Waals surface area contributed by atoms with Gasteiger partial charge in [-0.3, -0.25) is 24.1 Å². The summed E-state index contributed by atoms with van der Waals surface area (Å²) in [7, 11) is 0. The number of β-lactam (4-membered cyclic amide) rings is 2. The highest BCUT2D eigenvalue weighted by Gasteiger charge is 2.60. The summed E-state index contributed by atoms with van der Waals surface area (Å²) in [6.07, 6.45) is 0.430. The molecule has 2 aromatic rings. The van der Waals surface area contributed by atoms with Gasteiger partial charge in [0.25, 0.3) is 5.91 Å². The summed E-state index contributed by atoms with van der Waals surface area (Å²) in [6, 6.07) is 11.8. The number of aliphatic carboxylic acids is 2. The van der Waals surface area contributed by atoms with Crippen LogP contribution < -0.4 is 21.7 Å². The van der Waals surface area contributed by atoms with Crippen LogP contribution in [0.1, 0.15) is 55.1 Å². The van der Waals surface area contributed by atoms with Crippen molar-refractivity contribution in [1.82, 2.24) is 20.4 Å². The zero-order chi connectivity index (χ0) is 41.5. The number of carbonyl (C=O) groups is 7. The first kappa shape index (κ1) is 43.8. The lowest BCUT2D eigenvalue weighted by Crippen LogP contribution is -2.72. The Bertz CT molecular complexity index is 2080. The van der Waals surface area contributed by atoms with E-state index in [2.05, 4.69) is 16.0 Å². The van der Waals surface area contributed by atoms with Crippen LogP contribution in [0.5, 0.6) is 0 Å². The van der Waals surface area contributed by atoms with E-state index in [1.807, 2.05) is 13.0 Å². The molecule has 0 unspecified atom stereocenters. The Morgan fingerprint density at radius 1 is 0.948 bits per heavy atom. The molecule has 18 nitrogen and oxygen atoms in total. The van der Waals surface area contributed by atoms with Crippen molar-refractivity contribution < 1.29 is 59.5 Å². The van der Waals surface area contributed by atoms with Gasteiger partial charge in [0.05, 0.1) is 35.7 Å². The second kappa shape index (κ2) is 17.7. The van der Waals surface area contributed by atoms with E-state index in [0.717, 1.165) is 4.90 Å². The summed E-state index contributed by atoms with van der Waals surface area (Å²) in [5.74, 6) is -6.00. The maximum absolute atomic E-state index is 12.7. The van der Waals surface area contributed by atoms with E-state index < -0.39 is 65.9 Å². The van der Waals surface area contributed by atoms with E-state index in [4.69, 9.17) is 22.4 Å². The van der Waals surface area contributed by atoms with E-state index in [1.165, 1.54) is 35.7 Å². The normalized spacial score (nSPS) is 26.7. The minimum Gasteiger partial charge on any atom is -0.478 e. The molecule has 20 heteroatoms. The molecule has 5 aliphatic heterocycles. The number of amides is 4. The third kappa shape index (κ3) is 8.31. The highest BCUT2D eigenvalue weighted by atomic mass is 35.5. The van der Waals surface area contributed by atoms with Crippen molar-refractivity contribution in [2.24, 2.45) is 17.6 Å². The van der Waals surface area contributed by atoms with Crippen LogP contribution >= 0.6 is 23.4 Å². The molecule has 7 rings (SSSR count). The van der Waals surface area contributed by atoms with E-state index in [9.17, 15) is 48.9 Å². The maximum atomic E-state index is 12.7. The average molecular weight is 843 g/mol. The van der Waals surface area contributed by atoms with E-state index >= 15 is 0 Å². The first-order valence-corrected chi connectivity index (χ1v) is 19.4. The number of hydrogen-bond acceptors (Lipinski definition) is 11. The van der Waals surface area contributed by atoms with Crippen molar-refractivity contribution in [3.05, 3.63) is 87.1 Å². The number of benzene rings is 2. The number of allylic oxidation sites excluding steroid dienone is 1. The molecule has 0 bridgehead atoms. The lowest BCUT2D eigenvalue weighted by molar-refractivity contribution is -0.163. The SMILES string of the molecule is C[C@@H](O)[C@H]1C(=O)N2C(C(=O)O)=C(S[C@@H]3CN[C@H](C(=O)Nc4cccc(C(=O)O)c4)C3)[C@H](C)[C@H]12.N[C@@H](C(=O)N[C@@H]1C(=O)N2C(C(=O)O)=C(Cl)CC[C@H]12)c1ccccc1.O. The quantitative estimate of drug-likeness (QED) is 0.145. The van der Waals surface area contributed by atoms with Gasteiger partial charge in [-0.25, -0.2) is 14.4 Å². The second-order valence-corrected chi connectivity index (χ2v) is 16.1. The van der Waals surface area contributed by atoms with Crippen LogP contribution in [-0.4, -0.2) is 119 Å². The number of aromatic carboxylic acids is 1. The zero-order valence-electron chi connectivity index (χ0n) is 31.1. The molecule has 5 heterocycles. The van der Waals surface area contributed by atoms with Crippen molar-refractivity contribution in [3.8, 4) is 0 Å². The van der Waals surface area contributed by atoms with Gasteiger partial charge in [0.2, 0.25) is 17.7 Å². The predicted molar refractivity (Wildman–Crippen MR) is 209 cm³/mol. The Morgan fingerprint density at radius 3 is 2.24 bits per heavy atom. The Kier molecular flexibility index (Phi) is 13.3. The van der Waals surface area contributed by atoms with Crippen LogP contribution in [0.2, 0.25) is 0 Å². The van der Waals surface area contributed by atoms with Crippen LogP contribution in [0.4, 0.5) is 5.69 Å². The number of carboxylic acids is 3. The fraction of sp³-hybridized carbons (Fsp3) is 0.395. The average Bonchev–Trinajstić information content (AvgIpc) is 3.74. The first-order valence-electron chi connectivity index (χ1n) is 18.1. The number of fused-ring (bicyclic) bond motifs is 2. The number of hydrogen-bond donors (Lipinski definition) is 8. The van der Waals surface area contributed by atoms with Crippen molar-refractivity contribution in [3.63, 3.8) is 0 Å². The molecular weight excluding hydrogens is 800 g/mol. The lowest BCUT2D eigenvalue weighted by Gasteiger charge is -2.49. The molecule has 3 saturated heterocycles. The van der Waals surface area contributed by atoms with Crippen molar-refractivity contribution in [2.75, 3.05) is 11.9 Å². The molecule has 3 fully saturated rings. The number of nitrogens with two attached hydrogens (primary N) is 1. The van der Waals surface area contributed by atoms with Crippen molar-refractivity contribution >= 4 is 70.6 Å². The summed E-state index contributed by atoms with van der Waals surface area (Å²) in [4.78, 5) is 87.1. The largest absolute Gasteiger partial charge is 0.478 e. The monoisotopic (exact) mass is 842 g/mol. The Balaban J connectivity index is 0.000000228. The molecule has 2 aromatic carbocycles. The molecule has 58 heavy (non-hydrogen) atoms.